The number of carbonyl (C=O) groups excluding carboxylic acids is 2. The zero-order chi connectivity index (χ0) is 23.4. The van der Waals surface area contributed by atoms with Crippen molar-refractivity contribution >= 4 is 23.6 Å². The van der Waals surface area contributed by atoms with Crippen LogP contribution in [0.4, 0.5) is 11.6 Å². The van der Waals surface area contributed by atoms with Crippen molar-refractivity contribution in [2.24, 2.45) is 0 Å². The van der Waals surface area contributed by atoms with E-state index in [-0.39, 0.29) is 25.2 Å². The number of aromatic nitrogens is 2. The smallest absolute Gasteiger partial charge is 0.336 e. The van der Waals surface area contributed by atoms with Crippen molar-refractivity contribution in [3.05, 3.63) is 58.6 Å². The highest BCUT2D eigenvalue weighted by atomic mass is 16.5. The van der Waals surface area contributed by atoms with Crippen LogP contribution in [0.1, 0.15) is 42.8 Å². The van der Waals surface area contributed by atoms with Gasteiger partial charge in [0.15, 0.2) is 0 Å². The van der Waals surface area contributed by atoms with E-state index >= 15 is 0 Å². The van der Waals surface area contributed by atoms with E-state index in [1.807, 2.05) is 52.0 Å². The van der Waals surface area contributed by atoms with Gasteiger partial charge in [-0.1, -0.05) is 0 Å². The number of nitrogens with two attached hydrogens (primary N) is 1. The summed E-state index contributed by atoms with van der Waals surface area (Å²) in [6.07, 6.45) is 1.29. The van der Waals surface area contributed by atoms with E-state index in [1.54, 1.807) is 13.8 Å². The van der Waals surface area contributed by atoms with E-state index in [0.717, 1.165) is 17.0 Å². The van der Waals surface area contributed by atoms with Crippen molar-refractivity contribution in [2.45, 2.75) is 48.0 Å². The van der Waals surface area contributed by atoms with E-state index in [9.17, 15) is 9.59 Å². The van der Waals surface area contributed by atoms with Crippen LogP contribution in [0.25, 0.3) is 0 Å². The van der Waals surface area contributed by atoms with Gasteiger partial charge >= 0.3 is 11.9 Å². The summed E-state index contributed by atoms with van der Waals surface area (Å²) >= 11 is 0. The fourth-order valence-electron chi connectivity index (χ4n) is 2.72. The number of pyridine rings is 2. The number of nitrogens with one attached hydrogen (secondary N) is 1. The van der Waals surface area contributed by atoms with Crippen LogP contribution in [-0.2, 0) is 19.1 Å². The average molecular weight is 429 g/mol. The molecule has 0 saturated heterocycles. The third-order valence-corrected chi connectivity index (χ3v) is 3.79. The Morgan fingerprint density at radius 1 is 0.935 bits per heavy atom. The molecule has 0 fully saturated rings. The van der Waals surface area contributed by atoms with Crippen molar-refractivity contribution < 1.29 is 19.1 Å². The Kier molecular flexibility index (Phi) is 10.7. The molecule has 3 N–H and O–H groups in total. The molecule has 2 heterocycles. The number of aryl methyl sites for hydroxylation is 4. The number of nitrogens with zero attached hydrogens (tertiary/aromatic N) is 2. The van der Waals surface area contributed by atoms with Gasteiger partial charge in [0, 0.05) is 17.6 Å². The summed E-state index contributed by atoms with van der Waals surface area (Å²) < 4.78 is 9.80. The second kappa shape index (κ2) is 13.0. The maximum Gasteiger partial charge on any atom is 0.336 e. The molecule has 0 atom stereocenters. The quantitative estimate of drug-likeness (QED) is 0.505. The van der Waals surface area contributed by atoms with Gasteiger partial charge < -0.3 is 20.5 Å². The molecule has 8 heteroatoms. The van der Waals surface area contributed by atoms with Gasteiger partial charge in [0.25, 0.3) is 0 Å². The number of nitrogen functional groups attached to an aromatic ring is 1. The van der Waals surface area contributed by atoms with Crippen LogP contribution >= 0.6 is 0 Å². The summed E-state index contributed by atoms with van der Waals surface area (Å²) in [5.74, 6) is 0.181. The van der Waals surface area contributed by atoms with Crippen molar-refractivity contribution in [3.8, 4) is 0 Å². The first-order valence-corrected chi connectivity index (χ1v) is 10.1. The van der Waals surface area contributed by atoms with Crippen LogP contribution in [0, 0.1) is 27.7 Å². The maximum atomic E-state index is 11.9. The van der Waals surface area contributed by atoms with Crippen LogP contribution in [-0.4, -0.2) is 35.1 Å². The summed E-state index contributed by atoms with van der Waals surface area (Å²) in [5, 5.41) is 2.93. The van der Waals surface area contributed by atoms with E-state index in [0.29, 0.717) is 11.6 Å². The summed E-state index contributed by atoms with van der Waals surface area (Å²) in [7, 11) is 0. The SMILES string of the molecule is CCOC(=O)C/C(=C/Nc1cc(C)cc(C)n1)C(=O)OCC.Cc1cc(C)nc(N)c1. The fourth-order valence-corrected chi connectivity index (χ4v) is 2.72. The van der Waals surface area contributed by atoms with Gasteiger partial charge in [-0.25, -0.2) is 14.8 Å². The Balaban J connectivity index is 0.000000442. The maximum absolute atomic E-state index is 11.9. The molecule has 168 valence electrons. The third-order valence-electron chi connectivity index (χ3n) is 3.79. The van der Waals surface area contributed by atoms with Crippen LogP contribution in [0.2, 0.25) is 0 Å². The number of hydrogen-bond acceptors (Lipinski definition) is 8. The molecule has 0 amide bonds. The van der Waals surface area contributed by atoms with Crippen molar-refractivity contribution in [1.29, 1.82) is 0 Å². The number of carbonyl (C=O) groups is 2. The predicted octanol–water partition coefficient (Wildman–Crippen LogP) is 3.79. The Labute approximate surface area is 183 Å². The molecule has 0 radical (unpaired) electrons. The lowest BCUT2D eigenvalue weighted by molar-refractivity contribution is -0.145. The third kappa shape index (κ3) is 10.3. The van der Waals surface area contributed by atoms with E-state index in [2.05, 4.69) is 15.3 Å². The lowest BCUT2D eigenvalue weighted by atomic mass is 10.2. The monoisotopic (exact) mass is 428 g/mol. The minimum Gasteiger partial charge on any atom is -0.466 e. The zero-order valence-electron chi connectivity index (χ0n) is 19.1. The summed E-state index contributed by atoms with van der Waals surface area (Å²) in [5.41, 5.74) is 9.70. The number of anilines is 2. The molecular formula is C23H32N4O4. The number of rotatable bonds is 7. The first kappa shape index (κ1) is 25.6. The topological polar surface area (TPSA) is 116 Å². The van der Waals surface area contributed by atoms with Gasteiger partial charge in [-0.2, -0.15) is 0 Å². The van der Waals surface area contributed by atoms with Crippen LogP contribution in [0.15, 0.2) is 36.0 Å². The second-order valence-electron chi connectivity index (χ2n) is 6.90. The predicted molar refractivity (Wildman–Crippen MR) is 121 cm³/mol. The Morgan fingerprint density at radius 2 is 1.52 bits per heavy atom. The lowest BCUT2D eigenvalue weighted by Gasteiger charge is -2.08. The first-order valence-electron chi connectivity index (χ1n) is 10.1. The largest absolute Gasteiger partial charge is 0.466 e. The Morgan fingerprint density at radius 3 is 2.03 bits per heavy atom. The second-order valence-corrected chi connectivity index (χ2v) is 6.90. The molecule has 0 aliphatic heterocycles. The van der Waals surface area contributed by atoms with Gasteiger partial charge in [0.1, 0.15) is 11.6 Å². The van der Waals surface area contributed by atoms with E-state index in [1.165, 1.54) is 11.8 Å². The average Bonchev–Trinajstić information content (AvgIpc) is 2.64. The van der Waals surface area contributed by atoms with Gasteiger partial charge in [0.2, 0.25) is 0 Å². The minimum atomic E-state index is -0.549. The molecule has 2 aromatic rings. The van der Waals surface area contributed by atoms with Crippen molar-refractivity contribution in [2.75, 3.05) is 24.3 Å². The molecule has 0 spiro atoms. The standard InChI is InChI=1S/C16H22N2O4.C7H10N2/c1-5-21-15(19)9-13(16(20)22-6-2)10-17-14-8-11(3)7-12(4)18-14;1-5-3-6(2)9-7(8)4-5/h7-8,10H,5-6,9H2,1-4H3,(H,17,18);3-4H,1-2H3,(H2,8,9)/b13-10-;. The van der Waals surface area contributed by atoms with E-state index in [4.69, 9.17) is 15.2 Å². The molecule has 2 rings (SSSR count). The molecular weight excluding hydrogens is 396 g/mol. The highest BCUT2D eigenvalue weighted by molar-refractivity contribution is 5.94. The molecule has 0 saturated carbocycles. The Bertz CT molecular complexity index is 855. The molecule has 0 aromatic carbocycles. The normalized spacial score (nSPS) is 10.6. The van der Waals surface area contributed by atoms with Crippen molar-refractivity contribution in [1.82, 2.24) is 9.97 Å². The molecule has 0 bridgehead atoms. The number of hydrogen-bond donors (Lipinski definition) is 2. The molecule has 8 nitrogen and oxygen atoms in total. The Hall–Kier alpha value is -3.42. The molecule has 0 unspecified atom stereocenters. The summed E-state index contributed by atoms with van der Waals surface area (Å²) in [4.78, 5) is 31.8. The molecule has 0 aliphatic carbocycles. The van der Waals surface area contributed by atoms with Crippen LogP contribution < -0.4 is 11.1 Å². The van der Waals surface area contributed by atoms with Crippen molar-refractivity contribution in [3.63, 3.8) is 0 Å². The fraction of sp³-hybridized carbons (Fsp3) is 0.391. The van der Waals surface area contributed by atoms with Crippen LogP contribution in [0.3, 0.4) is 0 Å². The molecule has 2 aromatic heterocycles. The summed E-state index contributed by atoms with van der Waals surface area (Å²) in [6.45, 7) is 11.7. The first-order chi connectivity index (χ1) is 14.6. The van der Waals surface area contributed by atoms with Gasteiger partial charge in [0.05, 0.1) is 25.2 Å². The molecule has 31 heavy (non-hydrogen) atoms. The molecule has 0 aliphatic rings. The van der Waals surface area contributed by atoms with Gasteiger partial charge in [-0.3, -0.25) is 4.79 Å². The highest BCUT2D eigenvalue weighted by Gasteiger charge is 2.16. The van der Waals surface area contributed by atoms with Gasteiger partial charge in [-0.15, -0.1) is 0 Å². The number of ether oxygens (including phenoxy) is 2. The highest BCUT2D eigenvalue weighted by Crippen LogP contribution is 2.12. The minimum absolute atomic E-state index is 0.148. The van der Waals surface area contributed by atoms with Crippen LogP contribution in [0.5, 0.6) is 0 Å². The van der Waals surface area contributed by atoms with Gasteiger partial charge in [-0.05, 0) is 76.9 Å². The number of esters is 2. The zero-order valence-corrected chi connectivity index (χ0v) is 19.1. The summed E-state index contributed by atoms with van der Waals surface area (Å²) in [6, 6.07) is 7.64. The van der Waals surface area contributed by atoms with E-state index < -0.39 is 11.9 Å². The lowest BCUT2D eigenvalue weighted by Crippen LogP contribution is -2.15.